The van der Waals surface area contributed by atoms with Crippen LogP contribution < -0.4 is 10.1 Å². The molecule has 0 aliphatic carbocycles. The van der Waals surface area contributed by atoms with Gasteiger partial charge in [-0.1, -0.05) is 42.5 Å². The molecule has 0 bridgehead atoms. The first kappa shape index (κ1) is 21.5. The number of methoxy groups -OCH3 is 1. The van der Waals surface area contributed by atoms with Crippen LogP contribution in [0.2, 0.25) is 0 Å². The van der Waals surface area contributed by atoms with Gasteiger partial charge in [-0.3, -0.25) is 9.69 Å². The highest BCUT2D eigenvalue weighted by atomic mass is 32.1. The second kappa shape index (κ2) is 10.5. The van der Waals surface area contributed by atoms with Crippen LogP contribution >= 0.6 is 11.3 Å². The van der Waals surface area contributed by atoms with Crippen LogP contribution in [-0.2, 0) is 29.0 Å². The molecule has 7 heteroatoms. The molecule has 1 aliphatic rings. The Morgan fingerprint density at radius 3 is 2.71 bits per heavy atom. The maximum Gasteiger partial charge on any atom is 0.226 e. The summed E-state index contributed by atoms with van der Waals surface area (Å²) in [5.74, 6) is 0.722. The molecule has 1 aliphatic heterocycles. The topological polar surface area (TPSA) is 63.7 Å². The Hall–Kier alpha value is -2.74. The number of nitrogens with one attached hydrogen (secondary N) is 1. The molecule has 6 nitrogen and oxygen atoms in total. The molecule has 162 valence electrons. The third-order valence-corrected chi connectivity index (χ3v) is 6.21. The van der Waals surface area contributed by atoms with E-state index in [1.165, 1.54) is 5.56 Å². The zero-order valence-electron chi connectivity index (χ0n) is 17.7. The first-order chi connectivity index (χ1) is 15.2. The van der Waals surface area contributed by atoms with Crippen molar-refractivity contribution >= 4 is 17.2 Å². The average Bonchev–Trinajstić information content (AvgIpc) is 3.27. The lowest BCUT2D eigenvalue weighted by molar-refractivity contribution is -0.120. The summed E-state index contributed by atoms with van der Waals surface area (Å²) < 4.78 is 10.7. The normalized spacial score (nSPS) is 14.4. The number of hydrogen-bond acceptors (Lipinski definition) is 6. The quantitative estimate of drug-likeness (QED) is 0.584. The van der Waals surface area contributed by atoms with Crippen LogP contribution in [0.1, 0.15) is 16.8 Å². The molecule has 1 saturated heterocycles. The van der Waals surface area contributed by atoms with Gasteiger partial charge in [0.2, 0.25) is 5.91 Å². The number of benzene rings is 2. The Morgan fingerprint density at radius 2 is 1.94 bits per heavy atom. The van der Waals surface area contributed by atoms with E-state index in [1.54, 1.807) is 18.4 Å². The van der Waals surface area contributed by atoms with Gasteiger partial charge >= 0.3 is 0 Å². The summed E-state index contributed by atoms with van der Waals surface area (Å²) in [6.07, 6.45) is 0.265. The number of carbonyl (C=O) groups excluding carboxylic acids is 1. The fraction of sp³-hybridized carbons (Fsp3) is 0.333. The van der Waals surface area contributed by atoms with E-state index in [0.29, 0.717) is 6.54 Å². The minimum atomic E-state index is -0.0522. The van der Waals surface area contributed by atoms with Crippen molar-refractivity contribution in [1.29, 1.82) is 0 Å². The molecule has 0 unspecified atom stereocenters. The summed E-state index contributed by atoms with van der Waals surface area (Å²) in [7, 11) is 1.63. The summed E-state index contributed by atoms with van der Waals surface area (Å²) in [4.78, 5) is 19.4. The van der Waals surface area contributed by atoms with Gasteiger partial charge in [-0.05, 0) is 11.6 Å². The zero-order chi connectivity index (χ0) is 21.5. The molecule has 2 aromatic carbocycles. The number of para-hydroxylation sites is 1. The Balaban J connectivity index is 1.30. The standard InChI is InChI=1S/C24H27N3O3S/c1-29-22-5-3-2-4-20(22)15-25-23(28)14-21-17-31-24(26-21)19-8-6-18(7-9-19)16-27-10-12-30-13-11-27/h2-9,17H,10-16H2,1H3,(H,25,28). The number of amides is 1. The Bertz CT molecular complexity index is 997. The Labute approximate surface area is 186 Å². The van der Waals surface area contributed by atoms with Crippen LogP contribution in [0, 0.1) is 0 Å². The minimum absolute atomic E-state index is 0.0522. The van der Waals surface area contributed by atoms with Gasteiger partial charge in [0.15, 0.2) is 0 Å². The molecule has 0 atom stereocenters. The molecule has 2 heterocycles. The zero-order valence-corrected chi connectivity index (χ0v) is 18.5. The van der Waals surface area contributed by atoms with Crippen molar-refractivity contribution in [2.24, 2.45) is 0 Å². The van der Waals surface area contributed by atoms with Crippen molar-refractivity contribution in [3.63, 3.8) is 0 Å². The van der Waals surface area contributed by atoms with E-state index in [-0.39, 0.29) is 12.3 Å². The highest BCUT2D eigenvalue weighted by molar-refractivity contribution is 7.13. The smallest absolute Gasteiger partial charge is 0.226 e. The first-order valence-electron chi connectivity index (χ1n) is 10.4. The number of hydrogen-bond donors (Lipinski definition) is 1. The lowest BCUT2D eigenvalue weighted by atomic mass is 10.1. The van der Waals surface area contributed by atoms with Crippen LogP contribution in [-0.4, -0.2) is 49.2 Å². The van der Waals surface area contributed by atoms with E-state index < -0.39 is 0 Å². The third kappa shape index (κ3) is 5.91. The number of thiazole rings is 1. The SMILES string of the molecule is COc1ccccc1CNC(=O)Cc1csc(-c2ccc(CN3CCOCC3)cc2)n1. The number of morpholine rings is 1. The van der Waals surface area contributed by atoms with Gasteiger partial charge in [0.25, 0.3) is 0 Å². The number of aromatic nitrogens is 1. The molecule has 0 radical (unpaired) electrons. The summed E-state index contributed by atoms with van der Waals surface area (Å²) in [5.41, 5.74) is 4.11. The minimum Gasteiger partial charge on any atom is -0.496 e. The second-order valence-electron chi connectivity index (χ2n) is 7.49. The van der Waals surface area contributed by atoms with Crippen molar-refractivity contribution < 1.29 is 14.3 Å². The van der Waals surface area contributed by atoms with Crippen LogP contribution in [0.4, 0.5) is 0 Å². The van der Waals surface area contributed by atoms with E-state index in [0.717, 1.165) is 60.4 Å². The largest absolute Gasteiger partial charge is 0.496 e. The van der Waals surface area contributed by atoms with Gasteiger partial charge in [0.05, 0.1) is 32.4 Å². The van der Waals surface area contributed by atoms with Crippen LogP contribution in [0.5, 0.6) is 5.75 Å². The van der Waals surface area contributed by atoms with E-state index in [2.05, 4.69) is 39.5 Å². The van der Waals surface area contributed by atoms with Gasteiger partial charge in [0.1, 0.15) is 10.8 Å². The number of rotatable bonds is 8. The first-order valence-corrected chi connectivity index (χ1v) is 11.3. The van der Waals surface area contributed by atoms with Crippen molar-refractivity contribution in [1.82, 2.24) is 15.2 Å². The van der Waals surface area contributed by atoms with Gasteiger partial charge in [0, 0.05) is 42.7 Å². The van der Waals surface area contributed by atoms with Gasteiger partial charge in [-0.2, -0.15) is 0 Å². The summed E-state index contributed by atoms with van der Waals surface area (Å²) >= 11 is 1.57. The number of ether oxygens (including phenoxy) is 2. The summed E-state index contributed by atoms with van der Waals surface area (Å²) in [5, 5.41) is 5.84. The molecule has 1 aromatic heterocycles. The third-order valence-electron chi connectivity index (χ3n) is 5.27. The van der Waals surface area contributed by atoms with Crippen molar-refractivity contribution in [2.45, 2.75) is 19.5 Å². The van der Waals surface area contributed by atoms with E-state index in [9.17, 15) is 4.79 Å². The molecule has 31 heavy (non-hydrogen) atoms. The van der Waals surface area contributed by atoms with Gasteiger partial charge in [-0.25, -0.2) is 4.98 Å². The molecule has 0 spiro atoms. The molecule has 1 fully saturated rings. The van der Waals surface area contributed by atoms with Crippen molar-refractivity contribution in [3.05, 3.63) is 70.7 Å². The average molecular weight is 438 g/mol. The lowest BCUT2D eigenvalue weighted by Crippen LogP contribution is -2.35. The van der Waals surface area contributed by atoms with E-state index in [1.807, 2.05) is 29.6 Å². The van der Waals surface area contributed by atoms with E-state index in [4.69, 9.17) is 9.47 Å². The Kier molecular flexibility index (Phi) is 7.30. The maximum absolute atomic E-state index is 12.4. The maximum atomic E-state index is 12.4. The molecular formula is C24H27N3O3S. The molecular weight excluding hydrogens is 410 g/mol. The summed E-state index contributed by atoms with van der Waals surface area (Å²) in [6, 6.07) is 16.2. The highest BCUT2D eigenvalue weighted by Gasteiger charge is 2.12. The predicted octanol–water partition coefficient (Wildman–Crippen LogP) is 3.51. The highest BCUT2D eigenvalue weighted by Crippen LogP contribution is 2.25. The molecule has 1 amide bonds. The second-order valence-corrected chi connectivity index (χ2v) is 8.35. The lowest BCUT2D eigenvalue weighted by Gasteiger charge is -2.26. The van der Waals surface area contributed by atoms with Crippen molar-refractivity contribution in [3.8, 4) is 16.3 Å². The summed E-state index contributed by atoms with van der Waals surface area (Å²) in [6.45, 7) is 4.97. The molecule has 3 aromatic rings. The molecule has 4 rings (SSSR count). The Morgan fingerprint density at radius 1 is 1.16 bits per heavy atom. The van der Waals surface area contributed by atoms with Gasteiger partial charge < -0.3 is 14.8 Å². The number of carbonyl (C=O) groups is 1. The molecule has 1 N–H and O–H groups in total. The fourth-order valence-electron chi connectivity index (χ4n) is 3.56. The van der Waals surface area contributed by atoms with Crippen molar-refractivity contribution in [2.75, 3.05) is 33.4 Å². The number of nitrogens with zero attached hydrogens (tertiary/aromatic N) is 2. The monoisotopic (exact) mass is 437 g/mol. The van der Waals surface area contributed by atoms with Crippen LogP contribution in [0.3, 0.4) is 0 Å². The van der Waals surface area contributed by atoms with Crippen LogP contribution in [0.25, 0.3) is 10.6 Å². The van der Waals surface area contributed by atoms with Crippen LogP contribution in [0.15, 0.2) is 53.9 Å². The fourth-order valence-corrected chi connectivity index (χ4v) is 4.39. The van der Waals surface area contributed by atoms with Gasteiger partial charge in [-0.15, -0.1) is 11.3 Å². The predicted molar refractivity (Wildman–Crippen MR) is 122 cm³/mol. The molecule has 0 saturated carbocycles. The van der Waals surface area contributed by atoms with E-state index >= 15 is 0 Å².